The lowest BCUT2D eigenvalue weighted by atomic mass is 10.1. The second kappa shape index (κ2) is 2.97. The van der Waals surface area contributed by atoms with Crippen molar-refractivity contribution in [3.63, 3.8) is 0 Å². The van der Waals surface area contributed by atoms with E-state index >= 15 is 0 Å². The molecule has 4 heteroatoms. The van der Waals surface area contributed by atoms with Crippen molar-refractivity contribution in [2.75, 3.05) is 7.11 Å². The zero-order valence-corrected chi connectivity index (χ0v) is 7.16. The molecule has 0 saturated heterocycles. The lowest BCUT2D eigenvalue weighted by Crippen LogP contribution is -2.31. The average molecular weight is 179 g/mol. The second-order valence-corrected chi connectivity index (χ2v) is 2.69. The van der Waals surface area contributed by atoms with Gasteiger partial charge < -0.3 is 14.8 Å². The summed E-state index contributed by atoms with van der Waals surface area (Å²) >= 11 is 0. The number of benzene rings is 1. The standard InChI is InChI=1S/C9H9NO3/c1-12-7-4-2-3-6-5-10-9(11)13-8(6)7/h2-4H,5H2,1H3,(H,10,11). The molecule has 0 aromatic heterocycles. The van der Waals surface area contributed by atoms with Crippen LogP contribution in [0, 0.1) is 0 Å². The molecule has 0 unspecified atom stereocenters. The summed E-state index contributed by atoms with van der Waals surface area (Å²) in [7, 11) is 1.55. The predicted molar refractivity (Wildman–Crippen MR) is 45.9 cm³/mol. The normalized spacial score (nSPS) is 14.1. The van der Waals surface area contributed by atoms with Gasteiger partial charge in [0.25, 0.3) is 0 Å². The van der Waals surface area contributed by atoms with E-state index < -0.39 is 6.09 Å². The van der Waals surface area contributed by atoms with Gasteiger partial charge >= 0.3 is 6.09 Å². The maximum absolute atomic E-state index is 10.9. The molecule has 0 aliphatic carbocycles. The highest BCUT2D eigenvalue weighted by Crippen LogP contribution is 2.32. The summed E-state index contributed by atoms with van der Waals surface area (Å²) in [6.07, 6.45) is -0.433. The van der Waals surface area contributed by atoms with Crippen molar-refractivity contribution in [2.24, 2.45) is 0 Å². The van der Waals surface area contributed by atoms with Gasteiger partial charge in [0.2, 0.25) is 0 Å². The molecule has 13 heavy (non-hydrogen) atoms. The van der Waals surface area contributed by atoms with E-state index in [9.17, 15) is 4.79 Å². The number of para-hydroxylation sites is 1. The largest absolute Gasteiger partial charge is 0.493 e. The highest BCUT2D eigenvalue weighted by Gasteiger charge is 2.19. The van der Waals surface area contributed by atoms with Gasteiger partial charge in [-0.15, -0.1) is 0 Å². The van der Waals surface area contributed by atoms with Crippen molar-refractivity contribution in [3.05, 3.63) is 23.8 Å². The van der Waals surface area contributed by atoms with Gasteiger partial charge in [0, 0.05) is 12.1 Å². The third-order valence-corrected chi connectivity index (χ3v) is 1.90. The van der Waals surface area contributed by atoms with E-state index in [2.05, 4.69) is 5.32 Å². The van der Waals surface area contributed by atoms with Gasteiger partial charge in [0.05, 0.1) is 7.11 Å². The second-order valence-electron chi connectivity index (χ2n) is 2.69. The Morgan fingerprint density at radius 1 is 1.54 bits per heavy atom. The van der Waals surface area contributed by atoms with E-state index in [-0.39, 0.29) is 0 Å². The van der Waals surface area contributed by atoms with Crippen molar-refractivity contribution in [2.45, 2.75) is 6.54 Å². The number of amides is 1. The van der Waals surface area contributed by atoms with E-state index in [1.165, 1.54) is 0 Å². The maximum Gasteiger partial charge on any atom is 0.413 e. The third-order valence-electron chi connectivity index (χ3n) is 1.90. The first kappa shape index (κ1) is 7.91. The van der Waals surface area contributed by atoms with Crippen LogP contribution in [0.2, 0.25) is 0 Å². The highest BCUT2D eigenvalue weighted by molar-refractivity contribution is 5.74. The molecule has 1 heterocycles. The zero-order chi connectivity index (χ0) is 9.26. The molecule has 1 aliphatic heterocycles. The van der Waals surface area contributed by atoms with Crippen LogP contribution in [-0.4, -0.2) is 13.2 Å². The van der Waals surface area contributed by atoms with Gasteiger partial charge in [-0.1, -0.05) is 12.1 Å². The van der Waals surface area contributed by atoms with Crippen LogP contribution in [0.25, 0.3) is 0 Å². The Labute approximate surface area is 75.5 Å². The third kappa shape index (κ3) is 1.30. The minimum absolute atomic E-state index is 0.433. The van der Waals surface area contributed by atoms with E-state index in [0.29, 0.717) is 18.0 Å². The molecule has 0 saturated carbocycles. The Bertz CT molecular complexity index is 334. The number of fused-ring (bicyclic) bond motifs is 1. The highest BCUT2D eigenvalue weighted by atomic mass is 16.6. The molecule has 0 radical (unpaired) electrons. The van der Waals surface area contributed by atoms with Crippen molar-refractivity contribution in [1.29, 1.82) is 0 Å². The molecule has 0 atom stereocenters. The Hall–Kier alpha value is -1.71. The molecule has 2 rings (SSSR count). The van der Waals surface area contributed by atoms with Crippen LogP contribution in [0.5, 0.6) is 11.5 Å². The first-order valence-corrected chi connectivity index (χ1v) is 3.93. The summed E-state index contributed by atoms with van der Waals surface area (Å²) in [5.41, 5.74) is 0.930. The van der Waals surface area contributed by atoms with E-state index in [0.717, 1.165) is 5.56 Å². The molecule has 68 valence electrons. The van der Waals surface area contributed by atoms with Crippen LogP contribution in [0.1, 0.15) is 5.56 Å². The number of nitrogens with one attached hydrogen (secondary N) is 1. The summed E-state index contributed by atoms with van der Waals surface area (Å²) in [5, 5.41) is 2.57. The molecule has 0 spiro atoms. The molecular formula is C9H9NO3. The van der Waals surface area contributed by atoms with Crippen molar-refractivity contribution in [3.8, 4) is 11.5 Å². The van der Waals surface area contributed by atoms with Crippen LogP contribution in [0.15, 0.2) is 18.2 Å². The Morgan fingerprint density at radius 2 is 2.38 bits per heavy atom. The Kier molecular flexibility index (Phi) is 1.81. The summed E-state index contributed by atoms with van der Waals surface area (Å²) in [4.78, 5) is 10.9. The fourth-order valence-electron chi connectivity index (χ4n) is 1.27. The molecule has 0 fully saturated rings. The predicted octanol–water partition coefficient (Wildman–Crippen LogP) is 1.30. The molecule has 1 N–H and O–H groups in total. The van der Waals surface area contributed by atoms with E-state index in [4.69, 9.17) is 9.47 Å². The van der Waals surface area contributed by atoms with Crippen LogP contribution in [0.4, 0.5) is 4.79 Å². The van der Waals surface area contributed by atoms with Gasteiger partial charge in [0.15, 0.2) is 11.5 Å². The number of carbonyl (C=O) groups is 1. The minimum Gasteiger partial charge on any atom is -0.493 e. The number of methoxy groups -OCH3 is 1. The maximum atomic E-state index is 10.9. The first-order valence-electron chi connectivity index (χ1n) is 3.93. The number of hydrogen-bond acceptors (Lipinski definition) is 3. The molecule has 4 nitrogen and oxygen atoms in total. The number of ether oxygens (including phenoxy) is 2. The molecule has 1 aromatic carbocycles. The Morgan fingerprint density at radius 3 is 3.15 bits per heavy atom. The number of hydrogen-bond donors (Lipinski definition) is 1. The summed E-state index contributed by atoms with van der Waals surface area (Å²) in [6, 6.07) is 5.51. The molecule has 1 amide bonds. The quantitative estimate of drug-likeness (QED) is 0.706. The summed E-state index contributed by atoms with van der Waals surface area (Å²) in [5.74, 6) is 1.11. The van der Waals surface area contributed by atoms with E-state index in [1.54, 1.807) is 13.2 Å². The first-order chi connectivity index (χ1) is 6.31. The van der Waals surface area contributed by atoms with Gasteiger partial charge in [-0.2, -0.15) is 0 Å². The lowest BCUT2D eigenvalue weighted by molar-refractivity contribution is 0.192. The summed E-state index contributed by atoms with van der Waals surface area (Å²) in [6.45, 7) is 0.491. The van der Waals surface area contributed by atoms with Gasteiger partial charge in [-0.25, -0.2) is 4.79 Å². The molecule has 0 bridgehead atoms. The van der Waals surface area contributed by atoms with Gasteiger partial charge in [-0.05, 0) is 6.07 Å². The SMILES string of the molecule is COc1cccc2c1OC(=O)NC2. The van der Waals surface area contributed by atoms with Crippen molar-refractivity contribution in [1.82, 2.24) is 5.32 Å². The zero-order valence-electron chi connectivity index (χ0n) is 7.16. The van der Waals surface area contributed by atoms with Crippen LogP contribution in [-0.2, 0) is 6.54 Å². The minimum atomic E-state index is -0.433. The smallest absolute Gasteiger partial charge is 0.413 e. The Balaban J connectivity index is 2.46. The van der Waals surface area contributed by atoms with Crippen LogP contribution >= 0.6 is 0 Å². The van der Waals surface area contributed by atoms with Gasteiger partial charge in [-0.3, -0.25) is 0 Å². The summed E-state index contributed by atoms with van der Waals surface area (Å²) < 4.78 is 10.0. The van der Waals surface area contributed by atoms with Crippen LogP contribution in [0.3, 0.4) is 0 Å². The number of rotatable bonds is 1. The molecule has 1 aliphatic rings. The fraction of sp³-hybridized carbons (Fsp3) is 0.222. The van der Waals surface area contributed by atoms with Crippen molar-refractivity contribution < 1.29 is 14.3 Å². The number of carbonyl (C=O) groups excluding carboxylic acids is 1. The average Bonchev–Trinajstić information content (AvgIpc) is 2.17. The fourth-order valence-corrected chi connectivity index (χ4v) is 1.27. The topological polar surface area (TPSA) is 47.6 Å². The van der Waals surface area contributed by atoms with Gasteiger partial charge in [0.1, 0.15) is 0 Å². The van der Waals surface area contributed by atoms with E-state index in [1.807, 2.05) is 12.1 Å². The lowest BCUT2D eigenvalue weighted by Gasteiger charge is -2.18. The monoisotopic (exact) mass is 179 g/mol. The molecular weight excluding hydrogens is 170 g/mol. The van der Waals surface area contributed by atoms with Crippen molar-refractivity contribution >= 4 is 6.09 Å². The molecule has 1 aromatic rings. The van der Waals surface area contributed by atoms with Crippen LogP contribution < -0.4 is 14.8 Å².